The maximum atomic E-state index is 13.0. The highest BCUT2D eigenvalue weighted by Gasteiger charge is 2.31. The van der Waals surface area contributed by atoms with Gasteiger partial charge in [-0.15, -0.1) is 0 Å². The normalized spacial score (nSPS) is 22.2. The maximum Gasteiger partial charge on any atom is 0.249 e. The molecule has 3 rings (SSSR count). The Morgan fingerprint density at radius 3 is 2.36 bits per heavy atom. The minimum Gasteiger partial charge on any atom is -0.377 e. The van der Waals surface area contributed by atoms with Crippen LogP contribution in [0.25, 0.3) is 0 Å². The van der Waals surface area contributed by atoms with Gasteiger partial charge >= 0.3 is 0 Å². The number of fused-ring (bicyclic) bond motifs is 1. The predicted octanol–water partition coefficient (Wildman–Crippen LogP) is 0.969. The van der Waals surface area contributed by atoms with Crippen molar-refractivity contribution in [1.29, 1.82) is 0 Å². The van der Waals surface area contributed by atoms with Crippen molar-refractivity contribution in [3.63, 3.8) is 0 Å². The van der Waals surface area contributed by atoms with E-state index in [0.717, 1.165) is 25.1 Å². The van der Waals surface area contributed by atoms with Crippen LogP contribution in [0, 0.1) is 17.3 Å². The third kappa shape index (κ3) is 14.7. The molecule has 0 saturated carbocycles. The molecule has 1 aromatic carbocycles. The minimum atomic E-state index is -3.27. The standard InChI is InChI=1S/C33H53N5O8S/c1-33(2,3)20-30(40)35-12-15-38-23-31(41)34-11-9-27-22-37(21-25-5-7-28(8-6-25)47(4,43)44)14-10-26(27)19-29(39)36-13-16-45-17-18-46-24-32(38)42/h5-8,26-27H,9-24H2,1-4H3,(H,34,41)(H,35,40)(H,36,39)/t26-,27-/m0/s1. The summed E-state index contributed by atoms with van der Waals surface area (Å²) in [6, 6.07) is 6.91. The monoisotopic (exact) mass is 679 g/mol. The van der Waals surface area contributed by atoms with E-state index in [0.29, 0.717) is 45.5 Å². The molecule has 0 aliphatic carbocycles. The molecule has 2 fully saturated rings. The Kier molecular flexibility index (Phi) is 15.1. The number of hydrogen-bond donors (Lipinski definition) is 3. The number of amides is 4. The number of ether oxygens (including phenoxy) is 2. The lowest BCUT2D eigenvalue weighted by Crippen LogP contribution is -2.46. The highest BCUT2D eigenvalue weighted by atomic mass is 32.2. The van der Waals surface area contributed by atoms with Crippen LogP contribution < -0.4 is 16.0 Å². The number of likely N-dealkylation sites (tertiary alicyclic amines) is 1. The van der Waals surface area contributed by atoms with E-state index in [4.69, 9.17) is 9.47 Å². The second-order valence-corrected chi connectivity index (χ2v) is 15.7. The van der Waals surface area contributed by atoms with Gasteiger partial charge in [-0.1, -0.05) is 32.9 Å². The average molecular weight is 680 g/mol. The lowest BCUT2D eigenvalue weighted by atomic mass is 9.80. The van der Waals surface area contributed by atoms with Crippen molar-refractivity contribution in [2.45, 2.75) is 57.9 Å². The zero-order valence-corrected chi connectivity index (χ0v) is 29.2. The fourth-order valence-electron chi connectivity index (χ4n) is 5.83. The topological polar surface area (TPSA) is 163 Å². The van der Waals surface area contributed by atoms with E-state index < -0.39 is 9.84 Å². The molecule has 13 nitrogen and oxygen atoms in total. The molecule has 47 heavy (non-hydrogen) atoms. The Balaban J connectivity index is 1.63. The summed E-state index contributed by atoms with van der Waals surface area (Å²) in [7, 11) is -3.27. The van der Waals surface area contributed by atoms with Gasteiger partial charge in [-0.05, 0) is 54.3 Å². The van der Waals surface area contributed by atoms with Crippen molar-refractivity contribution >= 4 is 33.5 Å². The lowest BCUT2D eigenvalue weighted by molar-refractivity contribution is -0.140. The Hall–Kier alpha value is -3.07. The van der Waals surface area contributed by atoms with Crippen LogP contribution in [-0.2, 0) is 45.0 Å². The van der Waals surface area contributed by atoms with Gasteiger partial charge in [-0.3, -0.25) is 24.1 Å². The first kappa shape index (κ1) is 38.4. The minimum absolute atomic E-state index is 0.0394. The number of piperidine rings is 1. The number of carbonyl (C=O) groups is 4. The summed E-state index contributed by atoms with van der Waals surface area (Å²) in [5.74, 6) is -0.566. The van der Waals surface area contributed by atoms with Crippen LogP contribution in [0.5, 0.6) is 0 Å². The quantitative estimate of drug-likeness (QED) is 0.381. The van der Waals surface area contributed by atoms with Crippen LogP contribution in [0.3, 0.4) is 0 Å². The second-order valence-electron chi connectivity index (χ2n) is 13.7. The molecular formula is C33H53N5O8S. The fraction of sp³-hybridized carbons (Fsp3) is 0.697. The van der Waals surface area contributed by atoms with E-state index in [9.17, 15) is 27.6 Å². The van der Waals surface area contributed by atoms with E-state index in [-0.39, 0.29) is 85.2 Å². The van der Waals surface area contributed by atoms with Crippen molar-refractivity contribution < 1.29 is 37.1 Å². The largest absolute Gasteiger partial charge is 0.377 e. The number of benzene rings is 1. The number of hydrogen-bond acceptors (Lipinski definition) is 9. The molecule has 0 aromatic heterocycles. The van der Waals surface area contributed by atoms with Crippen molar-refractivity contribution in [2.24, 2.45) is 17.3 Å². The molecule has 2 aliphatic heterocycles. The second kappa shape index (κ2) is 18.5. The van der Waals surface area contributed by atoms with E-state index >= 15 is 0 Å². The highest BCUT2D eigenvalue weighted by Crippen LogP contribution is 2.30. The van der Waals surface area contributed by atoms with Crippen molar-refractivity contribution in [2.75, 3.05) is 78.5 Å². The number of nitrogens with one attached hydrogen (secondary N) is 3. The maximum absolute atomic E-state index is 13.0. The summed E-state index contributed by atoms with van der Waals surface area (Å²) in [6.45, 7) is 9.59. The summed E-state index contributed by atoms with van der Waals surface area (Å²) >= 11 is 0. The van der Waals surface area contributed by atoms with E-state index in [2.05, 4.69) is 20.9 Å². The van der Waals surface area contributed by atoms with Crippen LogP contribution in [-0.4, -0.2) is 120 Å². The molecule has 14 heteroatoms. The first-order chi connectivity index (χ1) is 22.2. The molecule has 2 heterocycles. The van der Waals surface area contributed by atoms with Crippen LogP contribution in [0.15, 0.2) is 29.2 Å². The average Bonchev–Trinajstić information content (AvgIpc) is 2.97. The summed E-state index contributed by atoms with van der Waals surface area (Å²) in [5.41, 5.74) is 0.833. The zero-order chi connectivity index (χ0) is 34.5. The Labute approximate surface area is 279 Å². The van der Waals surface area contributed by atoms with Crippen molar-refractivity contribution in [1.82, 2.24) is 25.8 Å². The Morgan fingerprint density at radius 1 is 0.957 bits per heavy atom. The molecule has 0 bridgehead atoms. The van der Waals surface area contributed by atoms with Crippen LogP contribution in [0.1, 0.15) is 52.0 Å². The summed E-state index contributed by atoms with van der Waals surface area (Å²) in [4.78, 5) is 55.0. The van der Waals surface area contributed by atoms with E-state index in [1.165, 1.54) is 11.2 Å². The first-order valence-corrected chi connectivity index (χ1v) is 18.3. The summed E-state index contributed by atoms with van der Waals surface area (Å²) in [5, 5.41) is 8.72. The van der Waals surface area contributed by atoms with Gasteiger partial charge in [0.15, 0.2) is 9.84 Å². The number of sulfone groups is 1. The molecule has 264 valence electrons. The van der Waals surface area contributed by atoms with E-state index in [1.807, 2.05) is 32.9 Å². The van der Waals surface area contributed by atoms with Gasteiger partial charge in [0, 0.05) is 58.4 Å². The summed E-state index contributed by atoms with van der Waals surface area (Å²) in [6.07, 6.45) is 3.37. The smallest absolute Gasteiger partial charge is 0.249 e. The highest BCUT2D eigenvalue weighted by molar-refractivity contribution is 7.90. The number of carbonyl (C=O) groups excluding carboxylic acids is 4. The SMILES string of the molecule is CC(C)(C)CC(=O)NCCN1CC(=O)NCC[C@H]2CN(Cc3ccc(S(C)(=O)=O)cc3)CC[C@H]2CC(=O)NCCOCCOCC1=O. The molecular weight excluding hydrogens is 626 g/mol. The van der Waals surface area contributed by atoms with E-state index in [1.54, 1.807) is 12.1 Å². The van der Waals surface area contributed by atoms with Gasteiger partial charge in [0.05, 0.1) is 31.3 Å². The third-order valence-electron chi connectivity index (χ3n) is 8.27. The number of rotatable bonds is 7. The predicted molar refractivity (Wildman–Crippen MR) is 177 cm³/mol. The van der Waals surface area contributed by atoms with Crippen molar-refractivity contribution in [3.8, 4) is 0 Å². The molecule has 0 radical (unpaired) electrons. The third-order valence-corrected chi connectivity index (χ3v) is 9.39. The molecule has 0 spiro atoms. The molecule has 2 saturated heterocycles. The number of nitrogens with zero attached hydrogens (tertiary/aromatic N) is 2. The molecule has 2 atom stereocenters. The Morgan fingerprint density at radius 2 is 1.66 bits per heavy atom. The first-order valence-electron chi connectivity index (χ1n) is 16.4. The van der Waals surface area contributed by atoms with Crippen LogP contribution >= 0.6 is 0 Å². The van der Waals surface area contributed by atoms with Gasteiger partial charge in [0.2, 0.25) is 23.6 Å². The molecule has 3 N–H and O–H groups in total. The molecule has 2 aliphatic rings. The molecule has 4 amide bonds. The van der Waals surface area contributed by atoms with Gasteiger partial charge in [-0.2, -0.15) is 0 Å². The fourth-order valence-corrected chi connectivity index (χ4v) is 6.46. The van der Waals surface area contributed by atoms with Gasteiger partial charge in [0.1, 0.15) is 6.61 Å². The zero-order valence-electron chi connectivity index (χ0n) is 28.3. The lowest BCUT2D eigenvalue weighted by Gasteiger charge is -2.38. The Bertz CT molecular complexity index is 1300. The van der Waals surface area contributed by atoms with Crippen LogP contribution in [0.2, 0.25) is 0 Å². The van der Waals surface area contributed by atoms with Gasteiger partial charge in [-0.25, -0.2) is 8.42 Å². The van der Waals surface area contributed by atoms with Gasteiger partial charge < -0.3 is 30.3 Å². The van der Waals surface area contributed by atoms with Crippen LogP contribution in [0.4, 0.5) is 0 Å². The summed E-state index contributed by atoms with van der Waals surface area (Å²) < 4.78 is 34.7. The van der Waals surface area contributed by atoms with Crippen molar-refractivity contribution in [3.05, 3.63) is 29.8 Å². The molecule has 1 aromatic rings. The van der Waals surface area contributed by atoms with Gasteiger partial charge in [0.25, 0.3) is 0 Å². The molecule has 0 unspecified atom stereocenters.